The van der Waals surface area contributed by atoms with Crippen molar-refractivity contribution < 1.29 is 9.59 Å². The summed E-state index contributed by atoms with van der Waals surface area (Å²) in [5, 5.41) is 8.36. The quantitative estimate of drug-likeness (QED) is 0.396. The fourth-order valence-corrected chi connectivity index (χ4v) is 3.21. The number of anilines is 3. The lowest BCUT2D eigenvalue weighted by Gasteiger charge is -2.11. The van der Waals surface area contributed by atoms with Crippen LogP contribution in [0.3, 0.4) is 0 Å². The molecule has 2 aromatic carbocycles. The highest BCUT2D eigenvalue weighted by Crippen LogP contribution is 2.31. The molecule has 0 saturated heterocycles. The van der Waals surface area contributed by atoms with Gasteiger partial charge in [-0.3, -0.25) is 0 Å². The molecule has 9 heteroatoms. The third-order valence-corrected chi connectivity index (χ3v) is 4.70. The second-order valence-electron chi connectivity index (χ2n) is 5.90. The van der Waals surface area contributed by atoms with Gasteiger partial charge in [0.1, 0.15) is 25.7 Å². The Kier molecular flexibility index (Phi) is 8.87. The van der Waals surface area contributed by atoms with Crippen molar-refractivity contribution in [3.63, 3.8) is 0 Å². The molecule has 2 heterocycles. The van der Waals surface area contributed by atoms with Gasteiger partial charge in [-0.15, -0.1) is 0 Å². The van der Waals surface area contributed by atoms with Crippen LogP contribution in [0, 0.1) is 0 Å². The molecule has 0 spiro atoms. The monoisotopic (exact) mass is 455 g/mol. The van der Waals surface area contributed by atoms with Gasteiger partial charge in [0, 0.05) is 34.9 Å². The van der Waals surface area contributed by atoms with Crippen LogP contribution in [0.5, 0.6) is 0 Å². The van der Waals surface area contributed by atoms with Crippen LogP contribution in [0.1, 0.15) is 0 Å². The average Bonchev–Trinajstić information content (AvgIpc) is 2.82. The van der Waals surface area contributed by atoms with Crippen LogP contribution in [0.4, 0.5) is 17.2 Å². The van der Waals surface area contributed by atoms with Crippen molar-refractivity contribution in [1.82, 2.24) is 15.0 Å². The topological polar surface area (TPSA) is 96.9 Å². The molecule has 2 aromatic heterocycles. The van der Waals surface area contributed by atoms with E-state index in [4.69, 9.17) is 32.8 Å². The summed E-state index contributed by atoms with van der Waals surface area (Å²) in [5.74, 6) is 0.708. The third-order valence-electron chi connectivity index (χ3n) is 4.16. The van der Waals surface area contributed by atoms with Crippen molar-refractivity contribution in [2.75, 3.05) is 17.7 Å². The molecule has 0 aliphatic heterocycles. The van der Waals surface area contributed by atoms with E-state index in [2.05, 4.69) is 25.6 Å². The minimum atomic E-state index is 0.439. The first-order chi connectivity index (χ1) is 15.1. The van der Waals surface area contributed by atoms with Gasteiger partial charge in [0.15, 0.2) is 5.15 Å². The summed E-state index contributed by atoms with van der Waals surface area (Å²) in [6.45, 7) is 4.00. The number of hydrogen-bond donors (Lipinski definition) is 2. The zero-order valence-corrected chi connectivity index (χ0v) is 18.1. The maximum atomic E-state index is 8.00. The first-order valence-electron chi connectivity index (χ1n) is 8.83. The molecule has 0 atom stereocenters. The number of fused-ring (bicyclic) bond motifs is 1. The van der Waals surface area contributed by atoms with Gasteiger partial charge in [-0.05, 0) is 42.0 Å². The summed E-state index contributed by atoms with van der Waals surface area (Å²) in [5.41, 5.74) is 4.42. The zero-order chi connectivity index (χ0) is 22.8. The van der Waals surface area contributed by atoms with Crippen LogP contribution in [0.15, 0.2) is 61.1 Å². The molecule has 0 fully saturated rings. The number of aromatic nitrogens is 3. The number of benzene rings is 2. The van der Waals surface area contributed by atoms with Crippen molar-refractivity contribution in [3.05, 3.63) is 71.2 Å². The molecule has 4 rings (SSSR count). The van der Waals surface area contributed by atoms with Gasteiger partial charge in [0.25, 0.3) is 0 Å². The SMILES string of the molecule is C=O.C=O.CNc1cc(-c2ccc3ncnc(Nc4cccc(Cl)c4)c3c2)cnc1Cl. The summed E-state index contributed by atoms with van der Waals surface area (Å²) in [7, 11) is 1.81. The van der Waals surface area contributed by atoms with Crippen molar-refractivity contribution in [2.45, 2.75) is 0 Å². The maximum absolute atomic E-state index is 8.00. The normalized spacial score (nSPS) is 9.65. The highest BCUT2D eigenvalue weighted by atomic mass is 35.5. The Balaban J connectivity index is 0.000000807. The molecule has 0 aliphatic carbocycles. The molecule has 0 aliphatic rings. The lowest BCUT2D eigenvalue weighted by Crippen LogP contribution is -1.96. The number of pyridine rings is 1. The van der Waals surface area contributed by atoms with Crippen molar-refractivity contribution >= 4 is 64.9 Å². The van der Waals surface area contributed by atoms with Crippen LogP contribution in [-0.2, 0) is 9.59 Å². The first-order valence-corrected chi connectivity index (χ1v) is 9.58. The van der Waals surface area contributed by atoms with Gasteiger partial charge in [-0.2, -0.15) is 0 Å². The molecular weight excluding hydrogens is 437 g/mol. The van der Waals surface area contributed by atoms with Crippen molar-refractivity contribution in [1.29, 1.82) is 0 Å². The Labute approximate surface area is 189 Å². The summed E-state index contributed by atoms with van der Waals surface area (Å²) in [6.07, 6.45) is 3.29. The van der Waals surface area contributed by atoms with E-state index in [0.717, 1.165) is 33.4 Å². The molecule has 31 heavy (non-hydrogen) atoms. The third kappa shape index (κ3) is 5.75. The fourth-order valence-electron chi connectivity index (χ4n) is 2.82. The molecular formula is C22H19Cl2N5O2. The number of carbonyl (C=O) groups is 2. The molecule has 0 radical (unpaired) electrons. The van der Waals surface area contributed by atoms with E-state index in [1.54, 1.807) is 6.20 Å². The van der Waals surface area contributed by atoms with E-state index in [1.807, 2.05) is 69.2 Å². The predicted octanol–water partition coefficient (Wildman–Crippen LogP) is 5.41. The summed E-state index contributed by atoms with van der Waals surface area (Å²) < 4.78 is 0. The largest absolute Gasteiger partial charge is 0.386 e. The summed E-state index contributed by atoms with van der Waals surface area (Å²) in [6, 6.07) is 15.5. The zero-order valence-electron chi connectivity index (χ0n) is 16.6. The Bertz CT molecular complexity index is 1170. The Hall–Kier alpha value is -3.55. The minimum Gasteiger partial charge on any atom is -0.386 e. The van der Waals surface area contributed by atoms with E-state index >= 15 is 0 Å². The van der Waals surface area contributed by atoms with E-state index in [1.165, 1.54) is 6.33 Å². The lowest BCUT2D eigenvalue weighted by atomic mass is 10.0. The second kappa shape index (κ2) is 11.6. The predicted molar refractivity (Wildman–Crippen MR) is 126 cm³/mol. The summed E-state index contributed by atoms with van der Waals surface area (Å²) >= 11 is 12.2. The molecule has 2 N–H and O–H groups in total. The fraction of sp³-hybridized carbons (Fsp3) is 0.0455. The molecule has 0 saturated carbocycles. The number of nitrogens with zero attached hydrogens (tertiary/aromatic N) is 3. The van der Waals surface area contributed by atoms with Crippen LogP contribution in [0.25, 0.3) is 22.0 Å². The number of hydrogen-bond acceptors (Lipinski definition) is 7. The Morgan fingerprint density at radius 1 is 0.871 bits per heavy atom. The van der Waals surface area contributed by atoms with Gasteiger partial charge in [0.2, 0.25) is 0 Å². The van der Waals surface area contributed by atoms with Gasteiger partial charge in [-0.1, -0.05) is 35.3 Å². The van der Waals surface area contributed by atoms with E-state index < -0.39 is 0 Å². The highest BCUT2D eigenvalue weighted by molar-refractivity contribution is 6.32. The standard InChI is InChI=1S/C20H15Cl2N5.2CH2O/c1-23-18-8-13(10-24-19(18)22)12-5-6-17-16(7-12)20(26-11-25-17)27-15-4-2-3-14(21)9-15;2*1-2/h2-11,23H,1H3,(H,25,26,27);2*1H2. The van der Waals surface area contributed by atoms with E-state index in [0.29, 0.717) is 16.0 Å². The van der Waals surface area contributed by atoms with Crippen LogP contribution in [0.2, 0.25) is 10.2 Å². The van der Waals surface area contributed by atoms with Crippen LogP contribution < -0.4 is 10.6 Å². The molecule has 0 amide bonds. The van der Waals surface area contributed by atoms with Crippen LogP contribution in [-0.4, -0.2) is 35.6 Å². The molecule has 0 unspecified atom stereocenters. The van der Waals surface area contributed by atoms with E-state index in [-0.39, 0.29) is 0 Å². The van der Waals surface area contributed by atoms with Gasteiger partial charge < -0.3 is 20.2 Å². The lowest BCUT2D eigenvalue weighted by molar-refractivity contribution is -0.0987. The summed E-state index contributed by atoms with van der Waals surface area (Å²) in [4.78, 5) is 29.0. The Morgan fingerprint density at radius 2 is 1.65 bits per heavy atom. The second-order valence-corrected chi connectivity index (χ2v) is 6.70. The molecule has 7 nitrogen and oxygen atoms in total. The molecule has 0 bridgehead atoms. The van der Waals surface area contributed by atoms with Gasteiger partial charge >= 0.3 is 0 Å². The van der Waals surface area contributed by atoms with E-state index in [9.17, 15) is 0 Å². The van der Waals surface area contributed by atoms with Crippen LogP contribution >= 0.6 is 23.2 Å². The maximum Gasteiger partial charge on any atom is 0.152 e. The number of carbonyl (C=O) groups excluding carboxylic acids is 2. The molecule has 158 valence electrons. The smallest absolute Gasteiger partial charge is 0.152 e. The number of rotatable bonds is 4. The molecule has 4 aromatic rings. The number of nitrogens with one attached hydrogen (secondary N) is 2. The number of halogens is 2. The van der Waals surface area contributed by atoms with Gasteiger partial charge in [-0.25, -0.2) is 15.0 Å². The van der Waals surface area contributed by atoms with Crippen molar-refractivity contribution in [2.24, 2.45) is 0 Å². The van der Waals surface area contributed by atoms with Gasteiger partial charge in [0.05, 0.1) is 11.2 Å². The Morgan fingerprint density at radius 3 is 2.35 bits per heavy atom. The van der Waals surface area contributed by atoms with Crippen molar-refractivity contribution in [3.8, 4) is 11.1 Å². The highest BCUT2D eigenvalue weighted by Gasteiger charge is 2.09. The minimum absolute atomic E-state index is 0.439. The average molecular weight is 456 g/mol. The first kappa shape index (κ1) is 23.7.